The molecule has 70 valence electrons. The fourth-order valence-corrected chi connectivity index (χ4v) is 2.56. The van der Waals surface area contributed by atoms with Crippen LogP contribution in [0, 0.1) is 0 Å². The molecule has 0 aromatic heterocycles. The first-order valence-electron chi connectivity index (χ1n) is 4.15. The monoisotopic (exact) mass is 189 g/mol. The molecule has 0 spiro atoms. The van der Waals surface area contributed by atoms with Crippen LogP contribution >= 0.6 is 0 Å². The van der Waals surface area contributed by atoms with E-state index in [0.717, 1.165) is 19.3 Å². The van der Waals surface area contributed by atoms with Gasteiger partial charge in [0.25, 0.3) is 0 Å². The summed E-state index contributed by atoms with van der Waals surface area (Å²) in [6.07, 6.45) is 4.83. The van der Waals surface area contributed by atoms with Gasteiger partial charge in [0.05, 0.1) is 4.75 Å². The lowest BCUT2D eigenvalue weighted by molar-refractivity contribution is -0.119. The van der Waals surface area contributed by atoms with Crippen molar-refractivity contribution >= 4 is 16.7 Å². The molecule has 1 amide bonds. The molecule has 0 heterocycles. The Morgan fingerprint density at radius 3 is 2.42 bits per heavy atom. The summed E-state index contributed by atoms with van der Waals surface area (Å²) in [6.45, 7) is 2.07. The highest BCUT2D eigenvalue weighted by molar-refractivity contribution is 7.85. The van der Waals surface area contributed by atoms with Crippen molar-refractivity contribution in [3.8, 4) is 0 Å². The second-order valence-corrected chi connectivity index (χ2v) is 5.17. The van der Waals surface area contributed by atoms with Crippen LogP contribution in [0.1, 0.15) is 26.2 Å². The first-order chi connectivity index (χ1) is 5.57. The normalized spacial score (nSPS) is 22.5. The third kappa shape index (κ3) is 1.86. The third-order valence-electron chi connectivity index (χ3n) is 2.53. The lowest BCUT2D eigenvalue weighted by atomic mass is 9.84. The molecular formula is C8H15NO2S. The molecule has 1 aliphatic carbocycles. The van der Waals surface area contributed by atoms with Gasteiger partial charge in [0.15, 0.2) is 0 Å². The van der Waals surface area contributed by atoms with Crippen LogP contribution in [-0.2, 0) is 15.6 Å². The van der Waals surface area contributed by atoms with Gasteiger partial charge in [-0.3, -0.25) is 9.00 Å². The van der Waals surface area contributed by atoms with E-state index in [1.807, 2.05) is 0 Å². The molecule has 0 saturated heterocycles. The number of nitrogens with one attached hydrogen (secondary N) is 1. The maximum Gasteiger partial charge on any atom is 0.216 e. The fraction of sp³-hybridized carbons (Fsp3) is 0.875. The van der Waals surface area contributed by atoms with Crippen LogP contribution in [-0.4, -0.2) is 27.7 Å². The number of carbonyl (C=O) groups excluding carboxylic acids is 1. The first kappa shape index (κ1) is 9.71. The molecular weight excluding hydrogens is 174 g/mol. The average molecular weight is 189 g/mol. The van der Waals surface area contributed by atoms with Crippen LogP contribution in [0.25, 0.3) is 0 Å². The van der Waals surface area contributed by atoms with Crippen LogP contribution < -0.4 is 5.32 Å². The van der Waals surface area contributed by atoms with Crippen molar-refractivity contribution in [1.82, 2.24) is 5.32 Å². The zero-order valence-corrected chi connectivity index (χ0v) is 8.37. The van der Waals surface area contributed by atoms with Gasteiger partial charge in [0, 0.05) is 30.5 Å². The second-order valence-electron chi connectivity index (χ2n) is 3.40. The van der Waals surface area contributed by atoms with E-state index < -0.39 is 10.8 Å². The third-order valence-corrected chi connectivity index (χ3v) is 4.31. The molecule has 4 heteroatoms. The molecule has 1 atom stereocenters. The van der Waals surface area contributed by atoms with Crippen molar-refractivity contribution in [3.63, 3.8) is 0 Å². The quantitative estimate of drug-likeness (QED) is 0.699. The molecule has 0 aliphatic heterocycles. The maximum atomic E-state index is 11.3. The van der Waals surface area contributed by atoms with E-state index >= 15 is 0 Å². The summed E-state index contributed by atoms with van der Waals surface area (Å²) < 4.78 is 11.2. The first-order valence-corrected chi connectivity index (χ1v) is 5.71. The van der Waals surface area contributed by atoms with E-state index in [1.165, 1.54) is 6.92 Å². The zero-order chi connectivity index (χ0) is 9.19. The van der Waals surface area contributed by atoms with Gasteiger partial charge in [-0.15, -0.1) is 0 Å². The molecule has 1 unspecified atom stereocenters. The van der Waals surface area contributed by atoms with Crippen molar-refractivity contribution < 1.29 is 9.00 Å². The Kier molecular flexibility index (Phi) is 2.88. The van der Waals surface area contributed by atoms with E-state index in [9.17, 15) is 9.00 Å². The maximum absolute atomic E-state index is 11.3. The molecule has 1 N–H and O–H groups in total. The highest BCUT2D eigenvalue weighted by Gasteiger charge is 2.40. The van der Waals surface area contributed by atoms with Gasteiger partial charge in [0.2, 0.25) is 5.91 Å². The van der Waals surface area contributed by atoms with Crippen molar-refractivity contribution in [2.45, 2.75) is 30.9 Å². The molecule has 0 aromatic carbocycles. The molecule has 0 radical (unpaired) electrons. The van der Waals surface area contributed by atoms with Gasteiger partial charge in [0.1, 0.15) is 0 Å². The lowest BCUT2D eigenvalue weighted by Gasteiger charge is -2.39. The minimum atomic E-state index is -0.813. The fourth-order valence-electron chi connectivity index (χ4n) is 1.42. The van der Waals surface area contributed by atoms with E-state index in [4.69, 9.17) is 0 Å². The van der Waals surface area contributed by atoms with Crippen LogP contribution in [0.2, 0.25) is 0 Å². The number of carbonyl (C=O) groups is 1. The van der Waals surface area contributed by atoms with Crippen LogP contribution in [0.4, 0.5) is 0 Å². The highest BCUT2D eigenvalue weighted by Crippen LogP contribution is 2.36. The Bertz CT molecular complexity index is 211. The minimum Gasteiger partial charge on any atom is -0.355 e. The van der Waals surface area contributed by atoms with Gasteiger partial charge >= 0.3 is 0 Å². The van der Waals surface area contributed by atoms with Crippen molar-refractivity contribution in [1.29, 1.82) is 0 Å². The van der Waals surface area contributed by atoms with Gasteiger partial charge < -0.3 is 5.32 Å². The SMILES string of the molecule is CC(=O)NCC1(S(C)=O)CCC1. The van der Waals surface area contributed by atoms with E-state index in [2.05, 4.69) is 5.32 Å². The van der Waals surface area contributed by atoms with Gasteiger partial charge in [-0.2, -0.15) is 0 Å². The highest BCUT2D eigenvalue weighted by atomic mass is 32.2. The standard InChI is InChI=1S/C8H15NO2S/c1-7(10)9-6-8(12(2)11)4-3-5-8/h3-6H2,1-2H3,(H,9,10). The van der Waals surface area contributed by atoms with Crippen LogP contribution in [0.5, 0.6) is 0 Å². The van der Waals surface area contributed by atoms with E-state index in [-0.39, 0.29) is 10.7 Å². The molecule has 1 fully saturated rings. The number of rotatable bonds is 3. The van der Waals surface area contributed by atoms with Crippen LogP contribution in [0.15, 0.2) is 0 Å². The molecule has 1 rings (SSSR count). The number of hydrogen-bond donors (Lipinski definition) is 1. The average Bonchev–Trinajstić information content (AvgIpc) is 1.83. The largest absolute Gasteiger partial charge is 0.355 e. The van der Waals surface area contributed by atoms with Gasteiger partial charge in [-0.1, -0.05) is 6.42 Å². The van der Waals surface area contributed by atoms with Crippen molar-refractivity contribution in [3.05, 3.63) is 0 Å². The van der Waals surface area contributed by atoms with E-state index in [1.54, 1.807) is 6.26 Å². The zero-order valence-electron chi connectivity index (χ0n) is 7.55. The minimum absolute atomic E-state index is 0.0354. The summed E-state index contributed by atoms with van der Waals surface area (Å²) in [4.78, 5) is 10.6. The number of hydrogen-bond acceptors (Lipinski definition) is 2. The molecule has 1 saturated carbocycles. The molecule has 0 aromatic rings. The van der Waals surface area contributed by atoms with E-state index in [0.29, 0.717) is 6.54 Å². The summed E-state index contributed by atoms with van der Waals surface area (Å²) in [7, 11) is -0.813. The Hall–Kier alpha value is -0.380. The Balaban J connectivity index is 2.45. The Labute approximate surface area is 75.4 Å². The Morgan fingerprint density at radius 2 is 2.17 bits per heavy atom. The van der Waals surface area contributed by atoms with Gasteiger partial charge in [-0.05, 0) is 12.8 Å². The summed E-state index contributed by atoms with van der Waals surface area (Å²) in [5.74, 6) is -0.0354. The summed E-state index contributed by atoms with van der Waals surface area (Å²) in [5, 5.41) is 2.74. The predicted molar refractivity (Wildman–Crippen MR) is 49.3 cm³/mol. The molecule has 1 aliphatic rings. The topological polar surface area (TPSA) is 46.2 Å². The summed E-state index contributed by atoms with van der Waals surface area (Å²) >= 11 is 0. The smallest absolute Gasteiger partial charge is 0.216 e. The lowest BCUT2D eigenvalue weighted by Crippen LogP contribution is -2.50. The molecule has 12 heavy (non-hydrogen) atoms. The summed E-state index contributed by atoms with van der Waals surface area (Å²) in [5.41, 5.74) is 0. The second kappa shape index (κ2) is 3.56. The Morgan fingerprint density at radius 1 is 1.58 bits per heavy atom. The van der Waals surface area contributed by atoms with Crippen molar-refractivity contribution in [2.24, 2.45) is 0 Å². The van der Waals surface area contributed by atoms with Crippen LogP contribution in [0.3, 0.4) is 0 Å². The van der Waals surface area contributed by atoms with Gasteiger partial charge in [-0.25, -0.2) is 0 Å². The summed E-state index contributed by atoms with van der Waals surface area (Å²) in [6, 6.07) is 0. The molecule has 3 nitrogen and oxygen atoms in total. The number of amides is 1. The predicted octanol–water partition coefficient (Wildman–Crippen LogP) is 0.424. The van der Waals surface area contributed by atoms with Crippen molar-refractivity contribution in [2.75, 3.05) is 12.8 Å². The molecule has 0 bridgehead atoms.